The number of carbonyl (C=O) groups excluding carboxylic acids is 1. The molecule has 1 N–H and O–H groups in total. The van der Waals surface area contributed by atoms with E-state index in [1.165, 1.54) is 12.8 Å². The first-order chi connectivity index (χ1) is 9.26. The molecule has 0 saturated heterocycles. The molecule has 0 aliphatic heterocycles. The van der Waals surface area contributed by atoms with Crippen LogP contribution >= 0.6 is 0 Å². The maximum absolute atomic E-state index is 11.3. The lowest BCUT2D eigenvalue weighted by Crippen LogP contribution is -2.28. The van der Waals surface area contributed by atoms with Gasteiger partial charge in [-0.05, 0) is 25.5 Å². The van der Waals surface area contributed by atoms with Gasteiger partial charge in [0, 0.05) is 12.6 Å². The number of hydrogen-bond donors (Lipinski definition) is 1. The molecule has 0 unspecified atom stereocenters. The van der Waals surface area contributed by atoms with Crippen molar-refractivity contribution in [2.45, 2.75) is 33.1 Å². The Morgan fingerprint density at radius 1 is 1.16 bits per heavy atom. The molecule has 4 nitrogen and oxygen atoms in total. The number of unbranched alkanes of at least 4 members (excludes halogenated alkanes) is 2. The lowest BCUT2D eigenvalue weighted by Gasteiger charge is -2.09. The second-order valence-corrected chi connectivity index (χ2v) is 4.27. The highest BCUT2D eigenvalue weighted by Gasteiger charge is 2.02. The lowest BCUT2D eigenvalue weighted by atomic mass is 10.3. The van der Waals surface area contributed by atoms with Gasteiger partial charge in [-0.2, -0.15) is 0 Å². The van der Waals surface area contributed by atoms with E-state index in [1.807, 2.05) is 31.2 Å². The van der Waals surface area contributed by atoms with Crippen LogP contribution in [0.1, 0.15) is 33.1 Å². The predicted molar refractivity (Wildman–Crippen MR) is 75.6 cm³/mol. The van der Waals surface area contributed by atoms with Gasteiger partial charge in [-0.1, -0.05) is 25.8 Å². The van der Waals surface area contributed by atoms with E-state index < -0.39 is 0 Å². The minimum absolute atomic E-state index is 0.0348. The molecule has 1 amide bonds. The fourth-order valence-corrected chi connectivity index (χ4v) is 1.59. The van der Waals surface area contributed by atoms with Crippen LogP contribution in [0.4, 0.5) is 0 Å². The molecule has 0 spiro atoms. The average molecular weight is 265 g/mol. The van der Waals surface area contributed by atoms with Crippen molar-refractivity contribution in [2.24, 2.45) is 0 Å². The van der Waals surface area contributed by atoms with Gasteiger partial charge in [0.15, 0.2) is 6.61 Å². The highest BCUT2D eigenvalue weighted by molar-refractivity contribution is 5.77. The standard InChI is InChI=1S/C15H23NO3/c1-3-5-6-10-18-13-8-7-9-14(11-13)19-12-15(17)16-4-2/h7-9,11H,3-6,10,12H2,1-2H3,(H,16,17). The van der Waals surface area contributed by atoms with Crippen LogP contribution in [-0.2, 0) is 4.79 Å². The number of carbonyl (C=O) groups is 1. The van der Waals surface area contributed by atoms with Crippen LogP contribution in [0.15, 0.2) is 24.3 Å². The molecule has 0 bridgehead atoms. The van der Waals surface area contributed by atoms with Gasteiger partial charge >= 0.3 is 0 Å². The van der Waals surface area contributed by atoms with E-state index in [0.29, 0.717) is 18.9 Å². The second kappa shape index (κ2) is 9.25. The molecular weight excluding hydrogens is 242 g/mol. The summed E-state index contributed by atoms with van der Waals surface area (Å²) in [6.45, 7) is 5.40. The molecule has 1 rings (SSSR count). The molecule has 0 heterocycles. The normalized spacial score (nSPS) is 10.0. The summed E-state index contributed by atoms with van der Waals surface area (Å²) in [4.78, 5) is 11.3. The van der Waals surface area contributed by atoms with Crippen LogP contribution in [0.5, 0.6) is 11.5 Å². The van der Waals surface area contributed by atoms with Crippen molar-refractivity contribution < 1.29 is 14.3 Å². The van der Waals surface area contributed by atoms with Gasteiger partial charge in [-0.3, -0.25) is 4.79 Å². The summed E-state index contributed by atoms with van der Waals surface area (Å²) < 4.78 is 11.0. The molecule has 1 aromatic carbocycles. The molecule has 4 heteroatoms. The summed E-state index contributed by atoms with van der Waals surface area (Å²) in [6.07, 6.45) is 3.41. The van der Waals surface area contributed by atoms with E-state index in [1.54, 1.807) is 0 Å². The van der Waals surface area contributed by atoms with E-state index in [-0.39, 0.29) is 12.5 Å². The smallest absolute Gasteiger partial charge is 0.257 e. The number of benzene rings is 1. The highest BCUT2D eigenvalue weighted by Crippen LogP contribution is 2.19. The zero-order valence-corrected chi connectivity index (χ0v) is 11.8. The summed E-state index contributed by atoms with van der Waals surface area (Å²) in [5.41, 5.74) is 0. The third kappa shape index (κ3) is 6.70. The molecule has 1 aromatic rings. The molecule has 0 aliphatic rings. The molecular formula is C15H23NO3. The topological polar surface area (TPSA) is 47.6 Å². The SMILES string of the molecule is CCCCCOc1cccc(OCC(=O)NCC)c1. The maximum atomic E-state index is 11.3. The zero-order valence-electron chi connectivity index (χ0n) is 11.8. The van der Waals surface area contributed by atoms with Crippen molar-refractivity contribution in [1.82, 2.24) is 5.32 Å². The maximum Gasteiger partial charge on any atom is 0.257 e. The fraction of sp³-hybridized carbons (Fsp3) is 0.533. The quantitative estimate of drug-likeness (QED) is 0.698. The van der Waals surface area contributed by atoms with Crippen LogP contribution in [0, 0.1) is 0 Å². The van der Waals surface area contributed by atoms with Crippen LogP contribution in [0.2, 0.25) is 0 Å². The van der Waals surface area contributed by atoms with Gasteiger partial charge in [0.1, 0.15) is 11.5 Å². The minimum Gasteiger partial charge on any atom is -0.493 e. The van der Waals surface area contributed by atoms with E-state index in [0.717, 1.165) is 12.2 Å². The van der Waals surface area contributed by atoms with Crippen molar-refractivity contribution in [1.29, 1.82) is 0 Å². The number of ether oxygens (including phenoxy) is 2. The Morgan fingerprint density at radius 3 is 2.58 bits per heavy atom. The Labute approximate surface area is 115 Å². The molecule has 0 atom stereocenters. The largest absolute Gasteiger partial charge is 0.493 e. The van der Waals surface area contributed by atoms with Crippen molar-refractivity contribution in [3.8, 4) is 11.5 Å². The van der Waals surface area contributed by atoms with E-state index >= 15 is 0 Å². The van der Waals surface area contributed by atoms with Gasteiger partial charge in [0.25, 0.3) is 5.91 Å². The van der Waals surface area contributed by atoms with Crippen molar-refractivity contribution in [2.75, 3.05) is 19.8 Å². The van der Waals surface area contributed by atoms with E-state index in [4.69, 9.17) is 9.47 Å². The van der Waals surface area contributed by atoms with E-state index in [2.05, 4.69) is 12.2 Å². The van der Waals surface area contributed by atoms with Crippen molar-refractivity contribution >= 4 is 5.91 Å². The van der Waals surface area contributed by atoms with Crippen LogP contribution in [0.3, 0.4) is 0 Å². The highest BCUT2D eigenvalue weighted by atomic mass is 16.5. The Balaban J connectivity index is 2.36. The molecule has 0 fully saturated rings. The number of nitrogens with one attached hydrogen (secondary N) is 1. The lowest BCUT2D eigenvalue weighted by molar-refractivity contribution is -0.122. The first-order valence-corrected chi connectivity index (χ1v) is 6.88. The third-order valence-electron chi connectivity index (χ3n) is 2.57. The Morgan fingerprint density at radius 2 is 1.89 bits per heavy atom. The monoisotopic (exact) mass is 265 g/mol. The Kier molecular flexibility index (Phi) is 7.47. The number of hydrogen-bond acceptors (Lipinski definition) is 3. The molecule has 0 radical (unpaired) electrons. The summed E-state index contributed by atoms with van der Waals surface area (Å²) in [5, 5.41) is 2.68. The van der Waals surface area contributed by atoms with Crippen LogP contribution in [0.25, 0.3) is 0 Å². The zero-order chi connectivity index (χ0) is 13.9. The Hall–Kier alpha value is -1.71. The van der Waals surface area contributed by atoms with Crippen LogP contribution < -0.4 is 14.8 Å². The van der Waals surface area contributed by atoms with Crippen molar-refractivity contribution in [3.05, 3.63) is 24.3 Å². The number of rotatable bonds is 9. The summed E-state index contributed by atoms with van der Waals surface area (Å²) in [5.74, 6) is 1.32. The minimum atomic E-state index is -0.114. The summed E-state index contributed by atoms with van der Waals surface area (Å²) in [6, 6.07) is 7.39. The second-order valence-electron chi connectivity index (χ2n) is 4.27. The van der Waals surface area contributed by atoms with Crippen LogP contribution in [-0.4, -0.2) is 25.7 Å². The van der Waals surface area contributed by atoms with Gasteiger partial charge in [-0.15, -0.1) is 0 Å². The first-order valence-electron chi connectivity index (χ1n) is 6.88. The number of amides is 1. The first kappa shape index (κ1) is 15.3. The third-order valence-corrected chi connectivity index (χ3v) is 2.57. The molecule has 106 valence electrons. The summed E-state index contributed by atoms with van der Waals surface area (Å²) >= 11 is 0. The molecule has 0 aromatic heterocycles. The predicted octanol–water partition coefficient (Wildman–Crippen LogP) is 2.77. The fourth-order valence-electron chi connectivity index (χ4n) is 1.59. The van der Waals surface area contributed by atoms with Gasteiger partial charge in [0.05, 0.1) is 6.61 Å². The van der Waals surface area contributed by atoms with Gasteiger partial charge < -0.3 is 14.8 Å². The molecule has 19 heavy (non-hydrogen) atoms. The Bertz CT molecular complexity index is 379. The van der Waals surface area contributed by atoms with Gasteiger partial charge in [0.2, 0.25) is 0 Å². The van der Waals surface area contributed by atoms with Crippen molar-refractivity contribution in [3.63, 3.8) is 0 Å². The van der Waals surface area contributed by atoms with Gasteiger partial charge in [-0.25, -0.2) is 0 Å². The molecule has 0 aliphatic carbocycles. The van der Waals surface area contributed by atoms with E-state index in [9.17, 15) is 4.79 Å². The average Bonchev–Trinajstić information content (AvgIpc) is 2.42. The summed E-state index contributed by atoms with van der Waals surface area (Å²) in [7, 11) is 0. The number of likely N-dealkylation sites (N-methyl/N-ethyl adjacent to an activating group) is 1. The molecule has 0 saturated carbocycles.